The highest BCUT2D eigenvalue weighted by atomic mass is 35.5. The van der Waals surface area contributed by atoms with Gasteiger partial charge in [0, 0.05) is 11.6 Å². The van der Waals surface area contributed by atoms with Crippen molar-refractivity contribution in [3.63, 3.8) is 0 Å². The van der Waals surface area contributed by atoms with E-state index in [1.165, 1.54) is 0 Å². The van der Waals surface area contributed by atoms with E-state index in [1.807, 2.05) is 12.1 Å². The number of benzene rings is 1. The summed E-state index contributed by atoms with van der Waals surface area (Å²) < 4.78 is 0. The zero-order valence-electron chi connectivity index (χ0n) is 9.96. The number of nitrogens with zero attached hydrogens (tertiary/aromatic N) is 1. The summed E-state index contributed by atoms with van der Waals surface area (Å²) in [5.74, 6) is -0.0874. The highest BCUT2D eigenvalue weighted by Gasteiger charge is 2.17. The standard InChI is InChI=1S/C13H15ClN2O/c1-13(2,8-15)9-16-12(17)7-10-3-5-11(14)6-4-10/h3-6H,7,9H2,1-2H3,(H,16,17). The predicted molar refractivity (Wildman–Crippen MR) is 67.6 cm³/mol. The van der Waals surface area contributed by atoms with Gasteiger partial charge in [0.05, 0.1) is 17.9 Å². The van der Waals surface area contributed by atoms with Gasteiger partial charge in [-0.05, 0) is 31.5 Å². The Morgan fingerprint density at radius 1 is 1.41 bits per heavy atom. The Morgan fingerprint density at radius 2 is 2.00 bits per heavy atom. The Balaban J connectivity index is 2.46. The van der Waals surface area contributed by atoms with Crippen molar-refractivity contribution in [3.8, 4) is 6.07 Å². The third-order valence-corrected chi connectivity index (χ3v) is 2.56. The molecular weight excluding hydrogens is 236 g/mol. The first-order chi connectivity index (χ1) is 7.93. The number of nitriles is 1. The second kappa shape index (κ2) is 5.70. The van der Waals surface area contributed by atoms with Gasteiger partial charge in [-0.25, -0.2) is 0 Å². The smallest absolute Gasteiger partial charge is 0.224 e. The molecule has 0 atom stereocenters. The molecule has 1 rings (SSSR count). The fourth-order valence-corrected chi connectivity index (χ4v) is 1.34. The van der Waals surface area contributed by atoms with E-state index in [0.29, 0.717) is 18.0 Å². The molecule has 1 aromatic rings. The number of carbonyl (C=O) groups excluding carboxylic acids is 1. The van der Waals surface area contributed by atoms with Crippen molar-refractivity contribution in [2.24, 2.45) is 5.41 Å². The van der Waals surface area contributed by atoms with Gasteiger partial charge in [0.2, 0.25) is 5.91 Å². The largest absolute Gasteiger partial charge is 0.354 e. The molecule has 0 fully saturated rings. The monoisotopic (exact) mass is 250 g/mol. The van der Waals surface area contributed by atoms with Crippen molar-refractivity contribution >= 4 is 17.5 Å². The molecule has 0 aromatic heterocycles. The second-order valence-electron chi connectivity index (χ2n) is 4.58. The second-order valence-corrected chi connectivity index (χ2v) is 5.01. The summed E-state index contributed by atoms with van der Waals surface area (Å²) in [5.41, 5.74) is 0.372. The van der Waals surface area contributed by atoms with E-state index in [2.05, 4.69) is 11.4 Å². The first kappa shape index (κ1) is 13.5. The quantitative estimate of drug-likeness (QED) is 0.893. The maximum Gasteiger partial charge on any atom is 0.224 e. The summed E-state index contributed by atoms with van der Waals surface area (Å²) in [6.07, 6.45) is 0.304. The van der Waals surface area contributed by atoms with Crippen LogP contribution in [-0.4, -0.2) is 12.5 Å². The molecule has 0 heterocycles. The van der Waals surface area contributed by atoms with E-state index < -0.39 is 5.41 Å². The molecule has 4 heteroatoms. The van der Waals surface area contributed by atoms with Gasteiger partial charge in [0.1, 0.15) is 0 Å². The molecule has 0 unspecified atom stereocenters. The van der Waals surface area contributed by atoms with Gasteiger partial charge < -0.3 is 5.32 Å². The van der Waals surface area contributed by atoms with Gasteiger partial charge in [-0.15, -0.1) is 0 Å². The lowest BCUT2D eigenvalue weighted by atomic mass is 9.96. The molecular formula is C13H15ClN2O. The van der Waals surface area contributed by atoms with Crippen molar-refractivity contribution in [2.75, 3.05) is 6.54 Å². The first-order valence-corrected chi connectivity index (χ1v) is 5.73. The summed E-state index contributed by atoms with van der Waals surface area (Å²) >= 11 is 5.75. The highest BCUT2D eigenvalue weighted by Crippen LogP contribution is 2.12. The maximum atomic E-state index is 11.6. The minimum atomic E-state index is -0.532. The molecule has 17 heavy (non-hydrogen) atoms. The van der Waals surface area contributed by atoms with Gasteiger partial charge in [0.25, 0.3) is 0 Å². The molecule has 1 amide bonds. The summed E-state index contributed by atoms with van der Waals surface area (Å²) in [5, 5.41) is 12.2. The number of rotatable bonds is 4. The number of hydrogen-bond donors (Lipinski definition) is 1. The summed E-state index contributed by atoms with van der Waals surface area (Å²) in [6.45, 7) is 3.93. The molecule has 0 aliphatic rings. The molecule has 1 N–H and O–H groups in total. The van der Waals surface area contributed by atoms with Crippen LogP contribution in [0, 0.1) is 16.7 Å². The average molecular weight is 251 g/mol. The van der Waals surface area contributed by atoms with Crippen molar-refractivity contribution in [1.29, 1.82) is 5.26 Å². The van der Waals surface area contributed by atoms with Crippen LogP contribution in [0.15, 0.2) is 24.3 Å². The van der Waals surface area contributed by atoms with Crippen molar-refractivity contribution < 1.29 is 4.79 Å². The molecule has 0 radical (unpaired) electrons. The topological polar surface area (TPSA) is 52.9 Å². The normalized spacial score (nSPS) is 10.7. The van der Waals surface area contributed by atoms with Crippen LogP contribution in [0.4, 0.5) is 0 Å². The molecule has 0 saturated heterocycles. The summed E-state index contributed by atoms with van der Waals surface area (Å²) in [6, 6.07) is 9.28. The number of nitrogens with one attached hydrogen (secondary N) is 1. The Bertz CT molecular complexity index is 432. The highest BCUT2D eigenvalue weighted by molar-refractivity contribution is 6.30. The molecule has 0 saturated carbocycles. The Kier molecular flexibility index (Phi) is 4.53. The van der Waals surface area contributed by atoms with E-state index in [9.17, 15) is 4.79 Å². The lowest BCUT2D eigenvalue weighted by Crippen LogP contribution is -2.34. The van der Waals surface area contributed by atoms with Crippen LogP contribution in [0.25, 0.3) is 0 Å². The zero-order chi connectivity index (χ0) is 12.9. The number of amides is 1. The van der Waals surface area contributed by atoms with Gasteiger partial charge >= 0.3 is 0 Å². The van der Waals surface area contributed by atoms with E-state index in [4.69, 9.17) is 16.9 Å². The Morgan fingerprint density at radius 3 is 2.53 bits per heavy atom. The molecule has 0 bridgehead atoms. The first-order valence-electron chi connectivity index (χ1n) is 5.35. The van der Waals surface area contributed by atoms with Crippen LogP contribution >= 0.6 is 11.6 Å². The van der Waals surface area contributed by atoms with Crippen molar-refractivity contribution in [1.82, 2.24) is 5.32 Å². The van der Waals surface area contributed by atoms with E-state index in [0.717, 1.165) is 5.56 Å². The number of carbonyl (C=O) groups is 1. The molecule has 0 aliphatic heterocycles. The lowest BCUT2D eigenvalue weighted by molar-refractivity contribution is -0.120. The minimum Gasteiger partial charge on any atom is -0.354 e. The van der Waals surface area contributed by atoms with Gasteiger partial charge in [0.15, 0.2) is 0 Å². The van der Waals surface area contributed by atoms with Crippen LogP contribution in [0.1, 0.15) is 19.4 Å². The minimum absolute atomic E-state index is 0.0874. The fraction of sp³-hybridized carbons (Fsp3) is 0.385. The van der Waals surface area contributed by atoms with Gasteiger partial charge in [-0.3, -0.25) is 4.79 Å². The maximum absolute atomic E-state index is 11.6. The molecule has 3 nitrogen and oxygen atoms in total. The lowest BCUT2D eigenvalue weighted by Gasteiger charge is -2.15. The fourth-order valence-electron chi connectivity index (χ4n) is 1.21. The van der Waals surface area contributed by atoms with E-state index >= 15 is 0 Å². The average Bonchev–Trinajstić information content (AvgIpc) is 2.30. The molecule has 0 aliphatic carbocycles. The summed E-state index contributed by atoms with van der Waals surface area (Å²) in [7, 11) is 0. The number of halogens is 1. The molecule has 90 valence electrons. The Labute approximate surface area is 106 Å². The third-order valence-electron chi connectivity index (χ3n) is 2.31. The van der Waals surface area contributed by atoms with Crippen LogP contribution in [-0.2, 0) is 11.2 Å². The van der Waals surface area contributed by atoms with Crippen LogP contribution in [0.3, 0.4) is 0 Å². The predicted octanol–water partition coefficient (Wildman–Crippen LogP) is 2.55. The van der Waals surface area contributed by atoms with Gasteiger partial charge in [-0.2, -0.15) is 5.26 Å². The van der Waals surface area contributed by atoms with E-state index in [1.54, 1.807) is 26.0 Å². The van der Waals surface area contributed by atoms with Crippen LogP contribution in [0.5, 0.6) is 0 Å². The van der Waals surface area contributed by atoms with Crippen molar-refractivity contribution in [2.45, 2.75) is 20.3 Å². The summed E-state index contributed by atoms with van der Waals surface area (Å²) in [4.78, 5) is 11.6. The molecule has 0 spiro atoms. The Hall–Kier alpha value is -1.53. The van der Waals surface area contributed by atoms with Crippen molar-refractivity contribution in [3.05, 3.63) is 34.9 Å². The molecule has 1 aromatic carbocycles. The van der Waals surface area contributed by atoms with Crippen LogP contribution in [0.2, 0.25) is 5.02 Å². The van der Waals surface area contributed by atoms with Crippen LogP contribution < -0.4 is 5.32 Å². The van der Waals surface area contributed by atoms with Gasteiger partial charge in [-0.1, -0.05) is 23.7 Å². The van der Waals surface area contributed by atoms with E-state index in [-0.39, 0.29) is 5.91 Å². The third kappa shape index (κ3) is 4.88. The zero-order valence-corrected chi connectivity index (χ0v) is 10.7. The SMILES string of the molecule is CC(C)(C#N)CNC(=O)Cc1ccc(Cl)cc1. The number of hydrogen-bond acceptors (Lipinski definition) is 2.